The number of carbonyl (C=O) groups is 1. The van der Waals surface area contributed by atoms with Gasteiger partial charge in [-0.05, 0) is 78.9 Å². The lowest BCUT2D eigenvalue weighted by Gasteiger charge is -2.27. The van der Waals surface area contributed by atoms with E-state index in [1.807, 2.05) is 60.8 Å². The predicted octanol–water partition coefficient (Wildman–Crippen LogP) is 4.68. The van der Waals surface area contributed by atoms with E-state index >= 15 is 0 Å². The molecule has 7 rings (SSSR count). The number of hydrogen-bond acceptors (Lipinski definition) is 7. The van der Waals surface area contributed by atoms with Gasteiger partial charge in [-0.2, -0.15) is 5.10 Å². The topological polar surface area (TPSA) is 151 Å². The fourth-order valence-electron chi connectivity index (χ4n) is 5.67. The maximum absolute atomic E-state index is 13.5. The van der Waals surface area contributed by atoms with Gasteiger partial charge in [0.2, 0.25) is 5.91 Å². The summed E-state index contributed by atoms with van der Waals surface area (Å²) in [7, 11) is 0. The smallest absolute Gasteiger partial charge is 0.227 e. The van der Waals surface area contributed by atoms with Crippen LogP contribution >= 0.6 is 0 Å². The summed E-state index contributed by atoms with van der Waals surface area (Å²) in [5.41, 5.74) is 14.7. The molecule has 0 fully saturated rings. The largest absolute Gasteiger partial charge is 0.398 e. The van der Waals surface area contributed by atoms with Gasteiger partial charge in [0, 0.05) is 51.1 Å². The highest BCUT2D eigenvalue weighted by molar-refractivity contribution is 6.08. The summed E-state index contributed by atoms with van der Waals surface area (Å²) in [6, 6.07) is 17.3. The van der Waals surface area contributed by atoms with Gasteiger partial charge >= 0.3 is 0 Å². The fourth-order valence-corrected chi connectivity index (χ4v) is 5.67. The molecule has 10 nitrogen and oxygen atoms in total. The molecule has 1 unspecified atom stereocenters. The molecule has 0 spiro atoms. The molecule has 3 aromatic heterocycles. The van der Waals surface area contributed by atoms with Gasteiger partial charge in [0.1, 0.15) is 12.7 Å². The number of nitrogens with zero attached hydrogens (tertiary/aromatic N) is 5. The van der Waals surface area contributed by atoms with E-state index in [-0.39, 0.29) is 11.8 Å². The van der Waals surface area contributed by atoms with Crippen LogP contribution in [-0.2, 0) is 17.6 Å². The first kappa shape index (κ1) is 23.7. The Bertz CT molecular complexity index is 1910. The van der Waals surface area contributed by atoms with E-state index in [1.165, 1.54) is 11.8 Å². The van der Waals surface area contributed by atoms with Crippen molar-refractivity contribution in [2.45, 2.75) is 19.3 Å². The number of benzene rings is 3. The minimum absolute atomic E-state index is 0.0206. The molecule has 40 heavy (non-hydrogen) atoms. The Balaban J connectivity index is 1.27. The zero-order valence-electron chi connectivity index (χ0n) is 21.4. The van der Waals surface area contributed by atoms with Crippen LogP contribution in [0, 0.1) is 11.3 Å². The molecule has 0 bridgehead atoms. The molecule has 5 N–H and O–H groups in total. The van der Waals surface area contributed by atoms with Gasteiger partial charge in [-0.15, -0.1) is 10.2 Å². The first-order valence-corrected chi connectivity index (χ1v) is 13.0. The second-order valence-corrected chi connectivity index (χ2v) is 10.0. The number of carbonyl (C=O) groups excluding carboxylic acids is 1. The van der Waals surface area contributed by atoms with E-state index in [0.717, 1.165) is 62.8 Å². The third-order valence-corrected chi connectivity index (χ3v) is 7.72. The van der Waals surface area contributed by atoms with Crippen LogP contribution in [-0.4, -0.2) is 42.1 Å². The predicted molar refractivity (Wildman–Crippen MR) is 155 cm³/mol. The maximum atomic E-state index is 13.5. The van der Waals surface area contributed by atoms with Crippen molar-refractivity contribution in [3.05, 3.63) is 90.1 Å². The van der Waals surface area contributed by atoms with E-state index in [2.05, 4.69) is 25.7 Å². The van der Waals surface area contributed by atoms with Gasteiger partial charge in [-0.3, -0.25) is 14.5 Å². The Kier molecular flexibility index (Phi) is 5.59. The van der Waals surface area contributed by atoms with Gasteiger partial charge in [-0.1, -0.05) is 6.07 Å². The Morgan fingerprint density at radius 1 is 1.07 bits per heavy atom. The average molecular weight is 528 g/mol. The minimum atomic E-state index is -0.220. The number of aromatic nitrogens is 6. The van der Waals surface area contributed by atoms with Crippen molar-refractivity contribution in [2.75, 3.05) is 11.1 Å². The van der Waals surface area contributed by atoms with Gasteiger partial charge in [0.15, 0.2) is 0 Å². The van der Waals surface area contributed by atoms with Crippen molar-refractivity contribution in [3.63, 3.8) is 0 Å². The first-order valence-electron chi connectivity index (χ1n) is 13.0. The standard InChI is InChI=1S/C30H25N9O/c31-13-19-11-17(2-8-25(19)32)29-23-12-18(30(40)36-20-3-5-21(6-4-20)39-15-34-35-16-39)1-7-22(23)28-24-14-33-38-26(24)9-10-27(28)37-29/h2-6,8-11,13-16,18,31H,1,7,12,32H2,(H,33,38)(H,36,40). The maximum Gasteiger partial charge on any atom is 0.227 e. The summed E-state index contributed by atoms with van der Waals surface area (Å²) in [5, 5.41) is 28.0. The van der Waals surface area contributed by atoms with Crippen molar-refractivity contribution in [3.8, 4) is 16.9 Å². The Morgan fingerprint density at radius 3 is 2.70 bits per heavy atom. The van der Waals surface area contributed by atoms with Gasteiger partial charge in [-0.25, -0.2) is 4.98 Å². The number of nitrogens with one attached hydrogen (secondary N) is 3. The number of nitrogens with two attached hydrogens (primary N) is 1. The minimum Gasteiger partial charge on any atom is -0.398 e. The lowest BCUT2D eigenvalue weighted by Crippen LogP contribution is -2.29. The normalized spacial score (nSPS) is 14.8. The van der Waals surface area contributed by atoms with Crippen LogP contribution in [0.15, 0.2) is 73.4 Å². The SMILES string of the molecule is N=Cc1cc(-c2nc3ccc4[nH]ncc4c3c3c2CC(C(=O)Nc2ccc(-n4cnnc4)cc2)CC3)ccc1N. The quantitative estimate of drug-likeness (QED) is 0.189. The number of nitrogen functional groups attached to an aromatic ring is 1. The number of pyridine rings is 1. The number of rotatable bonds is 5. The van der Waals surface area contributed by atoms with Crippen LogP contribution in [0.2, 0.25) is 0 Å². The zero-order chi connectivity index (χ0) is 27.2. The lowest BCUT2D eigenvalue weighted by atomic mass is 9.79. The highest BCUT2D eigenvalue weighted by Crippen LogP contribution is 2.40. The van der Waals surface area contributed by atoms with Gasteiger partial charge < -0.3 is 16.5 Å². The summed E-state index contributed by atoms with van der Waals surface area (Å²) in [5.74, 6) is -0.240. The summed E-state index contributed by atoms with van der Waals surface area (Å²) < 4.78 is 1.81. The Labute approximate surface area is 228 Å². The van der Waals surface area contributed by atoms with Crippen LogP contribution in [0.1, 0.15) is 23.1 Å². The molecule has 1 aliphatic rings. The summed E-state index contributed by atoms with van der Waals surface area (Å²) in [6.07, 6.45) is 8.37. The Hall–Kier alpha value is -5.38. The van der Waals surface area contributed by atoms with Gasteiger partial charge in [0.05, 0.1) is 22.9 Å². The van der Waals surface area contributed by atoms with Crippen LogP contribution in [0.25, 0.3) is 38.8 Å². The first-order chi connectivity index (χ1) is 19.6. The molecule has 1 atom stereocenters. The van der Waals surface area contributed by atoms with Crippen LogP contribution in [0.4, 0.5) is 11.4 Å². The van der Waals surface area contributed by atoms with Crippen molar-refractivity contribution in [1.29, 1.82) is 5.41 Å². The highest BCUT2D eigenvalue weighted by atomic mass is 16.1. The molecule has 10 heteroatoms. The molecule has 6 aromatic rings. The van der Waals surface area contributed by atoms with E-state index < -0.39 is 0 Å². The Morgan fingerprint density at radius 2 is 1.90 bits per heavy atom. The second kappa shape index (κ2) is 9.42. The molecule has 0 saturated heterocycles. The molecule has 0 aliphatic heterocycles. The number of anilines is 2. The fraction of sp³-hybridized carbons (Fsp3) is 0.133. The molecule has 3 heterocycles. The summed E-state index contributed by atoms with van der Waals surface area (Å²) in [4.78, 5) is 18.6. The number of fused-ring (bicyclic) bond motifs is 5. The molecular weight excluding hydrogens is 502 g/mol. The van der Waals surface area contributed by atoms with E-state index in [9.17, 15) is 4.79 Å². The van der Waals surface area contributed by atoms with Crippen molar-refractivity contribution < 1.29 is 4.79 Å². The average Bonchev–Trinajstić information content (AvgIpc) is 3.70. The van der Waals surface area contributed by atoms with E-state index in [1.54, 1.807) is 17.2 Å². The number of H-pyrrole nitrogens is 1. The van der Waals surface area contributed by atoms with Crippen LogP contribution in [0.5, 0.6) is 0 Å². The zero-order valence-corrected chi connectivity index (χ0v) is 21.4. The van der Waals surface area contributed by atoms with Crippen LogP contribution in [0.3, 0.4) is 0 Å². The van der Waals surface area contributed by atoms with E-state index in [4.69, 9.17) is 16.1 Å². The number of amides is 1. The third-order valence-electron chi connectivity index (χ3n) is 7.72. The molecule has 0 radical (unpaired) electrons. The molecule has 3 aromatic carbocycles. The molecule has 1 amide bonds. The molecule has 196 valence electrons. The molecule has 1 aliphatic carbocycles. The van der Waals surface area contributed by atoms with Gasteiger partial charge in [0.25, 0.3) is 0 Å². The molecular formula is C30H25N9O. The molecule has 0 saturated carbocycles. The number of aromatic amines is 1. The van der Waals surface area contributed by atoms with Crippen molar-refractivity contribution in [1.82, 2.24) is 29.9 Å². The summed E-state index contributed by atoms with van der Waals surface area (Å²) >= 11 is 0. The monoisotopic (exact) mass is 527 g/mol. The lowest BCUT2D eigenvalue weighted by molar-refractivity contribution is -0.120. The van der Waals surface area contributed by atoms with E-state index in [0.29, 0.717) is 17.7 Å². The number of aryl methyl sites for hydroxylation is 1. The van der Waals surface area contributed by atoms with Crippen molar-refractivity contribution in [2.24, 2.45) is 5.92 Å². The summed E-state index contributed by atoms with van der Waals surface area (Å²) in [6.45, 7) is 0. The van der Waals surface area contributed by atoms with Crippen LogP contribution < -0.4 is 11.1 Å². The highest BCUT2D eigenvalue weighted by Gasteiger charge is 2.30. The third kappa shape index (κ3) is 3.97. The second-order valence-electron chi connectivity index (χ2n) is 10.0. The van der Waals surface area contributed by atoms with Crippen molar-refractivity contribution >= 4 is 45.3 Å². The number of hydrogen-bond donors (Lipinski definition) is 4.